The number of hydrogen-bond donors (Lipinski definition) is 2. The predicted octanol–water partition coefficient (Wildman–Crippen LogP) is 3.44. The van der Waals surface area contributed by atoms with Crippen molar-refractivity contribution >= 4 is 22.4 Å². The van der Waals surface area contributed by atoms with E-state index in [1.165, 1.54) is 0 Å². The number of ether oxygens (including phenoxy) is 1. The maximum atomic E-state index is 11.5. The summed E-state index contributed by atoms with van der Waals surface area (Å²) in [6, 6.07) is 9.96. The number of benzene rings is 1. The van der Waals surface area contributed by atoms with Gasteiger partial charge in [-0.1, -0.05) is 26.0 Å². The lowest BCUT2D eigenvalue weighted by molar-refractivity contribution is -0.0203. The highest BCUT2D eigenvalue weighted by molar-refractivity contribution is 7.84. The zero-order chi connectivity index (χ0) is 19.2. The minimum Gasteiger partial charge on any atom is -0.376 e. The third kappa shape index (κ3) is 5.49. The fourth-order valence-electron chi connectivity index (χ4n) is 3.33. The van der Waals surface area contributed by atoms with Gasteiger partial charge in [-0.05, 0) is 36.5 Å². The molecule has 1 fully saturated rings. The number of aromatic nitrogens is 2. The van der Waals surface area contributed by atoms with Gasteiger partial charge in [0.05, 0.1) is 12.1 Å². The maximum absolute atomic E-state index is 11.5. The molecule has 2 heterocycles. The molecule has 2 N–H and O–H groups in total. The van der Waals surface area contributed by atoms with Crippen LogP contribution in [0.3, 0.4) is 0 Å². The van der Waals surface area contributed by atoms with Gasteiger partial charge in [0.1, 0.15) is 18.0 Å². The minimum absolute atomic E-state index is 0.202. The molecular formula is C20H28N4O2S. The van der Waals surface area contributed by atoms with E-state index < -0.39 is 10.8 Å². The number of hydrogen-bond acceptors (Lipinski definition) is 6. The van der Waals surface area contributed by atoms with E-state index in [0.717, 1.165) is 41.5 Å². The summed E-state index contributed by atoms with van der Waals surface area (Å²) < 4.78 is 17.4. The number of nitrogens with one attached hydrogen (secondary N) is 2. The molecule has 2 aromatic rings. The van der Waals surface area contributed by atoms with Crippen molar-refractivity contribution in [3.63, 3.8) is 0 Å². The fourth-order valence-corrected chi connectivity index (χ4v) is 3.85. The first kappa shape index (κ1) is 19.8. The van der Waals surface area contributed by atoms with Crippen LogP contribution in [0, 0.1) is 5.92 Å². The molecule has 0 aliphatic carbocycles. The molecule has 3 rings (SSSR count). The van der Waals surface area contributed by atoms with Gasteiger partial charge in [0, 0.05) is 41.2 Å². The van der Waals surface area contributed by atoms with Crippen LogP contribution < -0.4 is 10.6 Å². The first-order chi connectivity index (χ1) is 13.0. The predicted molar refractivity (Wildman–Crippen MR) is 109 cm³/mol. The molecule has 0 saturated carbocycles. The molecule has 0 radical (unpaired) electrons. The second-order valence-corrected chi connectivity index (χ2v) is 8.59. The van der Waals surface area contributed by atoms with Gasteiger partial charge in [-0.15, -0.1) is 0 Å². The molecule has 0 unspecified atom stereocenters. The Balaban J connectivity index is 1.60. The Morgan fingerprint density at radius 1 is 1.22 bits per heavy atom. The van der Waals surface area contributed by atoms with Crippen molar-refractivity contribution in [1.82, 2.24) is 9.97 Å². The first-order valence-corrected chi connectivity index (χ1v) is 10.9. The van der Waals surface area contributed by atoms with Crippen molar-refractivity contribution in [2.75, 3.05) is 23.5 Å². The highest BCUT2D eigenvalue weighted by Gasteiger charge is 2.28. The maximum Gasteiger partial charge on any atom is 0.131 e. The molecule has 6 nitrogen and oxygen atoms in total. The topological polar surface area (TPSA) is 76.1 Å². The molecule has 1 aromatic carbocycles. The van der Waals surface area contributed by atoms with Gasteiger partial charge in [0.2, 0.25) is 0 Å². The minimum atomic E-state index is -0.950. The highest BCUT2D eigenvalue weighted by atomic mass is 32.2. The van der Waals surface area contributed by atoms with E-state index >= 15 is 0 Å². The van der Waals surface area contributed by atoms with E-state index in [4.69, 9.17) is 4.74 Å². The number of rotatable bonds is 7. The summed E-state index contributed by atoms with van der Waals surface area (Å²) in [6.45, 7) is 5.87. The van der Waals surface area contributed by atoms with E-state index in [-0.39, 0.29) is 12.1 Å². The Bertz CT molecular complexity index is 767. The van der Waals surface area contributed by atoms with E-state index in [2.05, 4.69) is 34.4 Å². The summed E-state index contributed by atoms with van der Waals surface area (Å²) in [5, 5.41) is 6.84. The lowest BCUT2D eigenvalue weighted by atomic mass is 9.94. The molecule has 1 aliphatic rings. The van der Waals surface area contributed by atoms with Gasteiger partial charge in [-0.2, -0.15) is 0 Å². The molecule has 1 aromatic heterocycles. The van der Waals surface area contributed by atoms with Crippen LogP contribution in [0.25, 0.3) is 0 Å². The Kier molecular flexibility index (Phi) is 6.79. The lowest BCUT2D eigenvalue weighted by Crippen LogP contribution is -2.43. The molecule has 146 valence electrons. The Hall–Kier alpha value is -1.99. The SMILES string of the molecule is CC(C)[C@@H]1OCCC[C@@H]1Nc1cc(NCc2ccc([S@@](C)=O)cc2)ncn1. The zero-order valence-electron chi connectivity index (χ0n) is 16.1. The van der Waals surface area contributed by atoms with Gasteiger partial charge >= 0.3 is 0 Å². The van der Waals surface area contributed by atoms with Gasteiger partial charge in [-0.25, -0.2) is 9.97 Å². The number of anilines is 2. The molecule has 0 bridgehead atoms. The molecule has 1 saturated heterocycles. The van der Waals surface area contributed by atoms with E-state index in [1.807, 2.05) is 30.3 Å². The average Bonchev–Trinajstić information content (AvgIpc) is 2.67. The second kappa shape index (κ2) is 9.28. The first-order valence-electron chi connectivity index (χ1n) is 9.39. The summed E-state index contributed by atoms with van der Waals surface area (Å²) in [5.74, 6) is 2.04. The molecule has 1 aliphatic heterocycles. The Labute approximate surface area is 163 Å². The van der Waals surface area contributed by atoms with Gasteiger partial charge in [0.25, 0.3) is 0 Å². The van der Waals surface area contributed by atoms with Crippen LogP contribution in [0.2, 0.25) is 0 Å². The standard InChI is InChI=1S/C20H28N4O2S/c1-14(2)20-17(5-4-10-26-20)24-19-11-18(22-13-23-19)21-12-15-6-8-16(9-7-15)27(3)25/h6-9,11,13-14,17,20H,4-5,10,12H2,1-3H3,(H2,21,22,23,24)/t17-,20-,27+/m0/s1. The third-order valence-corrected chi connectivity index (χ3v) is 5.69. The Morgan fingerprint density at radius 3 is 2.67 bits per heavy atom. The lowest BCUT2D eigenvalue weighted by Gasteiger charge is -2.35. The smallest absolute Gasteiger partial charge is 0.131 e. The van der Waals surface area contributed by atoms with Crippen LogP contribution >= 0.6 is 0 Å². The van der Waals surface area contributed by atoms with Crippen molar-refractivity contribution in [1.29, 1.82) is 0 Å². The zero-order valence-corrected chi connectivity index (χ0v) is 17.0. The van der Waals surface area contributed by atoms with Crippen molar-refractivity contribution in [3.05, 3.63) is 42.2 Å². The molecule has 3 atom stereocenters. The van der Waals surface area contributed by atoms with Crippen LogP contribution in [0.5, 0.6) is 0 Å². The van der Waals surface area contributed by atoms with E-state index in [9.17, 15) is 4.21 Å². The summed E-state index contributed by atoms with van der Waals surface area (Å²) in [6.07, 6.45) is 5.61. The molecular weight excluding hydrogens is 360 g/mol. The third-order valence-electron chi connectivity index (χ3n) is 4.75. The van der Waals surface area contributed by atoms with Crippen LogP contribution in [0.1, 0.15) is 32.3 Å². The van der Waals surface area contributed by atoms with Crippen molar-refractivity contribution < 1.29 is 8.95 Å². The van der Waals surface area contributed by atoms with Crippen LogP contribution in [0.4, 0.5) is 11.6 Å². The van der Waals surface area contributed by atoms with Crippen LogP contribution in [-0.4, -0.2) is 39.2 Å². The van der Waals surface area contributed by atoms with Crippen LogP contribution in [-0.2, 0) is 22.1 Å². The van der Waals surface area contributed by atoms with Gasteiger partial charge < -0.3 is 15.4 Å². The monoisotopic (exact) mass is 388 g/mol. The molecule has 0 amide bonds. The molecule has 27 heavy (non-hydrogen) atoms. The normalized spacial score (nSPS) is 21.0. The molecule has 7 heteroatoms. The number of nitrogens with zero attached hydrogens (tertiary/aromatic N) is 2. The summed E-state index contributed by atoms with van der Waals surface area (Å²) >= 11 is 0. The average molecular weight is 389 g/mol. The highest BCUT2D eigenvalue weighted by Crippen LogP contribution is 2.24. The quantitative estimate of drug-likeness (QED) is 0.757. The fraction of sp³-hybridized carbons (Fsp3) is 0.500. The second-order valence-electron chi connectivity index (χ2n) is 7.21. The molecule has 0 spiro atoms. The van der Waals surface area contributed by atoms with Crippen molar-refractivity contribution in [2.24, 2.45) is 5.92 Å². The van der Waals surface area contributed by atoms with Gasteiger partial charge in [0.15, 0.2) is 0 Å². The summed E-state index contributed by atoms with van der Waals surface area (Å²) in [7, 11) is -0.950. The Morgan fingerprint density at radius 2 is 1.96 bits per heavy atom. The van der Waals surface area contributed by atoms with E-state index in [1.54, 1.807) is 12.6 Å². The van der Waals surface area contributed by atoms with Crippen molar-refractivity contribution in [2.45, 2.75) is 50.3 Å². The summed E-state index contributed by atoms with van der Waals surface area (Å²) in [5.41, 5.74) is 1.11. The van der Waals surface area contributed by atoms with Crippen LogP contribution in [0.15, 0.2) is 41.6 Å². The summed E-state index contributed by atoms with van der Waals surface area (Å²) in [4.78, 5) is 9.50. The van der Waals surface area contributed by atoms with E-state index in [0.29, 0.717) is 12.5 Å². The van der Waals surface area contributed by atoms with Crippen molar-refractivity contribution in [3.8, 4) is 0 Å². The largest absolute Gasteiger partial charge is 0.376 e. The van der Waals surface area contributed by atoms with Gasteiger partial charge in [-0.3, -0.25) is 4.21 Å².